The van der Waals surface area contributed by atoms with E-state index >= 15 is 0 Å². The Hall–Kier alpha value is -3.21. The summed E-state index contributed by atoms with van der Waals surface area (Å²) in [5.41, 5.74) is 8.49. The van der Waals surface area contributed by atoms with E-state index in [-0.39, 0.29) is 14.9 Å². The van der Waals surface area contributed by atoms with Crippen LogP contribution in [0.15, 0.2) is 125 Å². The van der Waals surface area contributed by atoms with E-state index in [9.17, 15) is 8.42 Å². The molecule has 0 bridgehead atoms. The van der Waals surface area contributed by atoms with Crippen LogP contribution in [0.3, 0.4) is 0 Å². The molecule has 39 heavy (non-hydrogen) atoms. The van der Waals surface area contributed by atoms with Gasteiger partial charge in [0.15, 0.2) is 0 Å². The van der Waals surface area contributed by atoms with Crippen molar-refractivity contribution in [3.63, 3.8) is 0 Å². The molecular formula is C33H27O3PS2. The SMILES string of the molecule is CS(=O)c1ccccc1-c1ccc2c(c1)C(OPc1ccccc1)c1cc(-c3ccccc3S(C)=O)ccc1-2. The second-order valence-electron chi connectivity index (χ2n) is 9.47. The highest BCUT2D eigenvalue weighted by Crippen LogP contribution is 2.50. The topological polar surface area (TPSA) is 43.4 Å². The fourth-order valence-electron chi connectivity index (χ4n) is 5.22. The summed E-state index contributed by atoms with van der Waals surface area (Å²) in [7, 11) is -2.02. The Balaban J connectivity index is 1.48. The lowest BCUT2D eigenvalue weighted by atomic mass is 9.98. The molecule has 6 rings (SSSR count). The standard InChI is InChI=1S/C33H27O3PS2/c1-38(34)31-14-8-6-12-25(31)22-16-18-27-28-19-17-23(26-13-7-9-15-32(26)39(2)35)21-30(28)33(29(27)20-22)36-37-24-10-4-3-5-11-24/h3-21,33,37H,1-2H3. The molecule has 3 atom stereocenters. The Labute approximate surface area is 236 Å². The van der Waals surface area contributed by atoms with Crippen LogP contribution in [0.25, 0.3) is 33.4 Å². The van der Waals surface area contributed by atoms with Gasteiger partial charge in [-0.1, -0.05) is 91.0 Å². The second-order valence-corrected chi connectivity index (χ2v) is 13.2. The van der Waals surface area contributed by atoms with Crippen molar-refractivity contribution >= 4 is 35.7 Å². The zero-order chi connectivity index (χ0) is 26.9. The molecule has 0 saturated heterocycles. The Morgan fingerprint density at radius 3 is 1.51 bits per heavy atom. The predicted molar refractivity (Wildman–Crippen MR) is 165 cm³/mol. The van der Waals surface area contributed by atoms with Crippen LogP contribution < -0.4 is 5.30 Å². The van der Waals surface area contributed by atoms with Crippen molar-refractivity contribution in [2.24, 2.45) is 0 Å². The van der Waals surface area contributed by atoms with E-state index in [0.29, 0.717) is 0 Å². The van der Waals surface area contributed by atoms with E-state index in [4.69, 9.17) is 4.52 Å². The first kappa shape index (κ1) is 26.0. The monoisotopic (exact) mass is 566 g/mol. The van der Waals surface area contributed by atoms with Crippen LogP contribution in [0.2, 0.25) is 0 Å². The molecule has 194 valence electrons. The number of rotatable bonds is 7. The molecule has 0 amide bonds. The van der Waals surface area contributed by atoms with Gasteiger partial charge < -0.3 is 4.52 Å². The lowest BCUT2D eigenvalue weighted by molar-refractivity contribution is 0.295. The largest absolute Gasteiger partial charge is 0.345 e. The number of benzene rings is 5. The molecule has 0 fully saturated rings. The summed E-state index contributed by atoms with van der Waals surface area (Å²) in [6.07, 6.45) is 3.18. The Bertz CT molecular complexity index is 1630. The normalized spacial score (nSPS) is 15.7. The first-order chi connectivity index (χ1) is 19.0. The zero-order valence-corrected chi connectivity index (χ0v) is 24.2. The maximum absolute atomic E-state index is 12.5. The van der Waals surface area contributed by atoms with Gasteiger partial charge in [-0.3, -0.25) is 8.42 Å². The first-order valence-corrected chi connectivity index (χ1v) is 16.6. The van der Waals surface area contributed by atoms with Crippen LogP contribution >= 0.6 is 8.81 Å². The van der Waals surface area contributed by atoms with Crippen LogP contribution in [-0.4, -0.2) is 20.9 Å². The smallest absolute Gasteiger partial charge is 0.113 e. The van der Waals surface area contributed by atoms with Gasteiger partial charge in [0.1, 0.15) is 6.10 Å². The van der Waals surface area contributed by atoms with Gasteiger partial charge in [0, 0.05) is 31.1 Å². The Kier molecular flexibility index (Phi) is 7.42. The summed E-state index contributed by atoms with van der Waals surface area (Å²) in [6.45, 7) is 0. The third kappa shape index (κ3) is 5.08. The highest BCUT2D eigenvalue weighted by atomic mass is 32.2. The molecule has 0 spiro atoms. The van der Waals surface area contributed by atoms with Gasteiger partial charge in [0.25, 0.3) is 0 Å². The molecule has 5 aromatic carbocycles. The van der Waals surface area contributed by atoms with Crippen molar-refractivity contribution in [2.45, 2.75) is 15.9 Å². The van der Waals surface area contributed by atoms with E-state index in [2.05, 4.69) is 48.5 Å². The van der Waals surface area contributed by atoms with E-state index in [0.717, 1.165) is 59.6 Å². The van der Waals surface area contributed by atoms with E-state index in [1.807, 2.05) is 66.7 Å². The summed E-state index contributed by atoms with van der Waals surface area (Å²) < 4.78 is 31.7. The van der Waals surface area contributed by atoms with Crippen molar-refractivity contribution < 1.29 is 12.9 Å². The highest BCUT2D eigenvalue weighted by molar-refractivity contribution is 7.84. The Morgan fingerprint density at radius 1 is 0.564 bits per heavy atom. The molecule has 3 unspecified atom stereocenters. The van der Waals surface area contributed by atoms with Gasteiger partial charge in [0.2, 0.25) is 0 Å². The van der Waals surface area contributed by atoms with Gasteiger partial charge in [-0.15, -0.1) is 0 Å². The molecule has 0 aromatic heterocycles. The molecule has 3 nitrogen and oxygen atoms in total. The summed E-state index contributed by atoms with van der Waals surface area (Å²) in [6, 6.07) is 38.9. The summed E-state index contributed by atoms with van der Waals surface area (Å²) in [5.74, 6) is 0. The van der Waals surface area contributed by atoms with Crippen LogP contribution in [0.1, 0.15) is 17.2 Å². The van der Waals surface area contributed by atoms with Gasteiger partial charge in [-0.05, 0) is 74.1 Å². The molecule has 0 aliphatic heterocycles. The van der Waals surface area contributed by atoms with E-state index in [1.54, 1.807) is 12.5 Å². The van der Waals surface area contributed by atoms with Crippen molar-refractivity contribution in [3.05, 3.63) is 126 Å². The van der Waals surface area contributed by atoms with Crippen molar-refractivity contribution in [3.8, 4) is 33.4 Å². The van der Waals surface area contributed by atoms with Crippen LogP contribution in [0.5, 0.6) is 0 Å². The molecule has 0 saturated carbocycles. The maximum Gasteiger partial charge on any atom is 0.113 e. The number of hydrogen-bond donors (Lipinski definition) is 0. The fraction of sp³-hybridized carbons (Fsp3) is 0.0909. The third-order valence-electron chi connectivity index (χ3n) is 7.04. The fourth-order valence-corrected chi connectivity index (χ4v) is 7.59. The molecule has 0 radical (unpaired) electrons. The minimum absolute atomic E-state index is 0.179. The van der Waals surface area contributed by atoms with Crippen molar-refractivity contribution in [2.75, 3.05) is 12.5 Å². The molecule has 6 heteroatoms. The number of fused-ring (bicyclic) bond motifs is 3. The number of hydrogen-bond acceptors (Lipinski definition) is 3. The van der Waals surface area contributed by atoms with E-state index in [1.165, 1.54) is 0 Å². The summed E-state index contributed by atoms with van der Waals surface area (Å²) in [5, 5.41) is 1.14. The van der Waals surface area contributed by atoms with Gasteiger partial charge in [-0.25, -0.2) is 0 Å². The van der Waals surface area contributed by atoms with Crippen LogP contribution in [-0.2, 0) is 26.1 Å². The van der Waals surface area contributed by atoms with E-state index < -0.39 is 21.6 Å². The lowest BCUT2D eigenvalue weighted by Crippen LogP contribution is -2.02. The van der Waals surface area contributed by atoms with Gasteiger partial charge in [0.05, 0.1) is 21.6 Å². The molecular weight excluding hydrogens is 539 g/mol. The van der Waals surface area contributed by atoms with Gasteiger partial charge in [-0.2, -0.15) is 0 Å². The van der Waals surface area contributed by atoms with Crippen molar-refractivity contribution in [1.82, 2.24) is 0 Å². The van der Waals surface area contributed by atoms with Crippen LogP contribution in [0, 0.1) is 0 Å². The average Bonchev–Trinajstić information content (AvgIpc) is 3.28. The highest BCUT2D eigenvalue weighted by Gasteiger charge is 2.31. The lowest BCUT2D eigenvalue weighted by Gasteiger charge is -2.17. The maximum atomic E-state index is 12.5. The Morgan fingerprint density at radius 2 is 1.03 bits per heavy atom. The second kappa shape index (κ2) is 11.1. The minimum Gasteiger partial charge on any atom is -0.345 e. The summed E-state index contributed by atoms with van der Waals surface area (Å²) in [4.78, 5) is 1.64. The summed E-state index contributed by atoms with van der Waals surface area (Å²) >= 11 is 0. The molecule has 5 aromatic rings. The first-order valence-electron chi connectivity index (χ1n) is 12.6. The quantitative estimate of drug-likeness (QED) is 0.192. The zero-order valence-electron chi connectivity index (χ0n) is 21.6. The van der Waals surface area contributed by atoms with Crippen LogP contribution in [0.4, 0.5) is 0 Å². The predicted octanol–water partition coefficient (Wildman–Crippen LogP) is 7.50. The molecule has 1 aliphatic rings. The molecule has 0 heterocycles. The van der Waals surface area contributed by atoms with Crippen molar-refractivity contribution in [1.29, 1.82) is 0 Å². The third-order valence-corrected chi connectivity index (χ3v) is 9.92. The molecule has 1 aliphatic carbocycles. The molecule has 0 N–H and O–H groups in total. The minimum atomic E-state index is -1.10. The van der Waals surface area contributed by atoms with Gasteiger partial charge >= 0.3 is 0 Å². The average molecular weight is 567 g/mol.